The summed E-state index contributed by atoms with van der Waals surface area (Å²) in [6.45, 7) is 0.391. The summed E-state index contributed by atoms with van der Waals surface area (Å²) in [5, 5.41) is 5.04. The Kier molecular flexibility index (Phi) is 6.00. The lowest BCUT2D eigenvalue weighted by molar-refractivity contribution is 0.306. The number of nitrogens with one attached hydrogen (secondary N) is 1. The molecule has 0 radical (unpaired) electrons. The molecule has 0 aliphatic carbocycles. The van der Waals surface area contributed by atoms with Crippen LogP contribution in [0.25, 0.3) is 0 Å². The summed E-state index contributed by atoms with van der Waals surface area (Å²) < 4.78 is 5.72. The maximum atomic E-state index is 5.97. The van der Waals surface area contributed by atoms with Crippen LogP contribution in [0, 0.1) is 0 Å². The van der Waals surface area contributed by atoms with Crippen LogP contribution in [0.4, 0.5) is 0 Å². The van der Waals surface area contributed by atoms with Crippen LogP contribution in [-0.4, -0.2) is 11.3 Å². The number of nitrogens with zero attached hydrogens (tertiary/aromatic N) is 1. The van der Waals surface area contributed by atoms with Crippen molar-refractivity contribution >= 4 is 46.7 Å². The molecule has 22 heavy (non-hydrogen) atoms. The van der Waals surface area contributed by atoms with Crippen molar-refractivity contribution < 1.29 is 4.74 Å². The fourth-order valence-corrected chi connectivity index (χ4v) is 2.02. The molecule has 0 aliphatic heterocycles. The van der Waals surface area contributed by atoms with Crippen molar-refractivity contribution in [3.8, 4) is 5.75 Å². The zero-order valence-corrected chi connectivity index (χ0v) is 13.8. The summed E-state index contributed by atoms with van der Waals surface area (Å²) in [7, 11) is 0. The van der Waals surface area contributed by atoms with Crippen LogP contribution in [-0.2, 0) is 6.61 Å². The maximum Gasteiger partial charge on any atom is 0.184 e. The van der Waals surface area contributed by atoms with Gasteiger partial charge in [-0.1, -0.05) is 41.4 Å². The number of hydrogen-bond acceptors (Lipinski definition) is 3. The van der Waals surface area contributed by atoms with E-state index in [1.54, 1.807) is 18.3 Å². The molecule has 0 atom stereocenters. The zero-order chi connectivity index (χ0) is 15.9. The highest BCUT2D eigenvalue weighted by atomic mass is 35.5. The highest BCUT2D eigenvalue weighted by Crippen LogP contribution is 2.23. The van der Waals surface area contributed by atoms with Crippen LogP contribution < -0.4 is 15.9 Å². The molecular weight excluding hydrogens is 341 g/mol. The molecule has 0 fully saturated rings. The lowest BCUT2D eigenvalue weighted by Crippen LogP contribution is -2.23. The van der Waals surface area contributed by atoms with Gasteiger partial charge in [0.25, 0.3) is 0 Å². The molecule has 2 aromatic carbocycles. The van der Waals surface area contributed by atoms with E-state index in [4.69, 9.17) is 33.7 Å². The molecule has 0 unspecified atom stereocenters. The van der Waals surface area contributed by atoms with Crippen molar-refractivity contribution in [3.63, 3.8) is 0 Å². The highest BCUT2D eigenvalue weighted by Gasteiger charge is 2.01. The molecular formula is C15H13Cl2N3OS. The van der Waals surface area contributed by atoms with Gasteiger partial charge in [-0.2, -0.15) is 5.10 Å². The second kappa shape index (κ2) is 7.98. The number of rotatable bonds is 5. The van der Waals surface area contributed by atoms with Crippen molar-refractivity contribution in [2.24, 2.45) is 10.8 Å². The minimum absolute atomic E-state index is 0.114. The second-order valence-electron chi connectivity index (χ2n) is 4.34. The van der Waals surface area contributed by atoms with Crippen LogP contribution in [0.1, 0.15) is 11.1 Å². The van der Waals surface area contributed by atoms with Crippen LogP contribution in [0.5, 0.6) is 5.75 Å². The maximum absolute atomic E-state index is 5.97. The molecule has 2 aromatic rings. The SMILES string of the molecule is NC(=S)N/N=C/c1cccc(OCc2ccc(Cl)c(Cl)c2)c1. The molecule has 0 heterocycles. The molecule has 0 saturated heterocycles. The summed E-state index contributed by atoms with van der Waals surface area (Å²) in [4.78, 5) is 0. The van der Waals surface area contributed by atoms with Gasteiger partial charge in [0.15, 0.2) is 5.11 Å². The Morgan fingerprint density at radius 1 is 1.23 bits per heavy atom. The Hall–Kier alpha value is -1.82. The first kappa shape index (κ1) is 16.5. The van der Waals surface area contributed by atoms with Crippen LogP contribution >= 0.6 is 35.4 Å². The average Bonchev–Trinajstić information content (AvgIpc) is 2.49. The summed E-state index contributed by atoms with van der Waals surface area (Å²) >= 11 is 16.5. The minimum atomic E-state index is 0.114. The molecule has 3 N–H and O–H groups in total. The minimum Gasteiger partial charge on any atom is -0.489 e. The van der Waals surface area contributed by atoms with E-state index < -0.39 is 0 Å². The summed E-state index contributed by atoms with van der Waals surface area (Å²) in [6, 6.07) is 12.8. The fourth-order valence-electron chi connectivity index (χ4n) is 1.65. The molecule has 4 nitrogen and oxygen atoms in total. The number of benzene rings is 2. The van der Waals surface area contributed by atoms with Gasteiger partial charge < -0.3 is 10.5 Å². The topological polar surface area (TPSA) is 59.6 Å². The van der Waals surface area contributed by atoms with Gasteiger partial charge in [0.1, 0.15) is 12.4 Å². The molecule has 2 rings (SSSR count). The van der Waals surface area contributed by atoms with Gasteiger partial charge in [0.05, 0.1) is 16.3 Å². The molecule has 0 spiro atoms. The number of hydrogen-bond donors (Lipinski definition) is 2. The van der Waals surface area contributed by atoms with Gasteiger partial charge in [-0.05, 0) is 47.6 Å². The molecule has 7 heteroatoms. The molecule has 0 amide bonds. The van der Waals surface area contributed by atoms with E-state index in [1.807, 2.05) is 30.3 Å². The quantitative estimate of drug-likeness (QED) is 0.488. The normalized spacial score (nSPS) is 10.6. The van der Waals surface area contributed by atoms with Crippen molar-refractivity contribution in [1.82, 2.24) is 5.43 Å². The smallest absolute Gasteiger partial charge is 0.184 e. The number of hydrazone groups is 1. The van der Waals surface area contributed by atoms with Crippen molar-refractivity contribution in [2.75, 3.05) is 0 Å². The van der Waals surface area contributed by atoms with Gasteiger partial charge in [-0.25, -0.2) is 0 Å². The zero-order valence-electron chi connectivity index (χ0n) is 11.4. The van der Waals surface area contributed by atoms with Crippen molar-refractivity contribution in [2.45, 2.75) is 6.61 Å². The third-order valence-corrected chi connectivity index (χ3v) is 3.47. The molecule has 0 saturated carbocycles. The van der Waals surface area contributed by atoms with Gasteiger partial charge in [-0.3, -0.25) is 5.43 Å². The first-order chi connectivity index (χ1) is 10.5. The summed E-state index contributed by atoms with van der Waals surface area (Å²) in [5.74, 6) is 0.713. The Morgan fingerprint density at radius 3 is 2.77 bits per heavy atom. The largest absolute Gasteiger partial charge is 0.489 e. The third-order valence-electron chi connectivity index (χ3n) is 2.64. The predicted molar refractivity (Wildman–Crippen MR) is 94.8 cm³/mol. The molecule has 0 bridgehead atoms. The fraction of sp³-hybridized carbons (Fsp3) is 0.0667. The van der Waals surface area contributed by atoms with Crippen LogP contribution in [0.3, 0.4) is 0 Å². The Labute approximate surface area is 143 Å². The van der Waals surface area contributed by atoms with E-state index in [0.717, 1.165) is 11.1 Å². The highest BCUT2D eigenvalue weighted by molar-refractivity contribution is 7.80. The molecule has 0 aliphatic rings. The molecule has 114 valence electrons. The predicted octanol–water partition coefficient (Wildman–Crippen LogP) is 3.74. The van der Waals surface area contributed by atoms with E-state index in [1.165, 1.54) is 0 Å². The van der Waals surface area contributed by atoms with Crippen molar-refractivity contribution in [1.29, 1.82) is 0 Å². The number of thiocarbonyl (C=S) groups is 1. The van der Waals surface area contributed by atoms with E-state index in [2.05, 4.69) is 22.7 Å². The summed E-state index contributed by atoms with van der Waals surface area (Å²) in [5.41, 5.74) is 9.57. The number of halogens is 2. The Morgan fingerprint density at radius 2 is 2.05 bits per heavy atom. The first-order valence-corrected chi connectivity index (χ1v) is 7.46. The number of ether oxygens (including phenoxy) is 1. The first-order valence-electron chi connectivity index (χ1n) is 6.30. The van der Waals surface area contributed by atoms with E-state index >= 15 is 0 Å². The van der Waals surface area contributed by atoms with E-state index in [9.17, 15) is 0 Å². The third kappa shape index (κ3) is 5.18. The van der Waals surface area contributed by atoms with Crippen molar-refractivity contribution in [3.05, 3.63) is 63.6 Å². The van der Waals surface area contributed by atoms with Gasteiger partial charge in [0.2, 0.25) is 0 Å². The standard InChI is InChI=1S/C15H13Cl2N3OS/c16-13-5-4-11(7-14(13)17)9-21-12-3-1-2-10(6-12)8-19-20-15(18)22/h1-8H,9H2,(H3,18,20,22)/b19-8+. The lowest BCUT2D eigenvalue weighted by atomic mass is 10.2. The molecule has 0 aromatic heterocycles. The lowest BCUT2D eigenvalue weighted by Gasteiger charge is -2.07. The van der Waals surface area contributed by atoms with Gasteiger partial charge in [0, 0.05) is 0 Å². The van der Waals surface area contributed by atoms with Crippen LogP contribution in [0.2, 0.25) is 10.0 Å². The second-order valence-corrected chi connectivity index (χ2v) is 5.60. The van der Waals surface area contributed by atoms with Gasteiger partial charge >= 0.3 is 0 Å². The monoisotopic (exact) mass is 353 g/mol. The average molecular weight is 354 g/mol. The number of nitrogens with two attached hydrogens (primary N) is 1. The van der Waals surface area contributed by atoms with E-state index in [-0.39, 0.29) is 5.11 Å². The summed E-state index contributed by atoms with van der Waals surface area (Å²) in [6.07, 6.45) is 1.60. The Balaban J connectivity index is 1.99. The van der Waals surface area contributed by atoms with Crippen LogP contribution in [0.15, 0.2) is 47.6 Å². The van der Waals surface area contributed by atoms with Gasteiger partial charge in [-0.15, -0.1) is 0 Å². The van der Waals surface area contributed by atoms with E-state index in [0.29, 0.717) is 22.4 Å². The Bertz CT molecular complexity index is 707.